The number of alkyl halides is 2. The number of fused-ring (bicyclic) bond motifs is 2. The van der Waals surface area contributed by atoms with E-state index in [2.05, 4.69) is 39.3 Å². The van der Waals surface area contributed by atoms with Crippen molar-refractivity contribution in [2.24, 2.45) is 0 Å². The minimum Gasteiger partial charge on any atom is -0.461 e. The number of benzene rings is 2. The molecule has 1 fully saturated rings. The Hall–Kier alpha value is -2.84. The highest BCUT2D eigenvalue weighted by molar-refractivity contribution is 6.32. The van der Waals surface area contributed by atoms with Crippen molar-refractivity contribution in [1.82, 2.24) is 24.5 Å². The number of hydrogen-bond acceptors (Lipinski definition) is 5. The topological polar surface area (TPSA) is 55.5 Å². The number of likely N-dealkylation sites (N-methyl/N-ethyl adjacent to an activating group) is 1. The summed E-state index contributed by atoms with van der Waals surface area (Å²) in [5.74, 6) is -2.71. The van der Waals surface area contributed by atoms with Crippen LogP contribution in [-0.4, -0.2) is 56.6 Å². The highest BCUT2D eigenvalue weighted by Gasteiger charge is 2.43. The second-order valence-corrected chi connectivity index (χ2v) is 8.28. The van der Waals surface area contributed by atoms with Crippen molar-refractivity contribution in [2.45, 2.75) is 24.8 Å². The zero-order chi connectivity index (χ0) is 21.6. The molecule has 0 N–H and O–H groups in total. The Labute approximate surface area is 182 Å². The standard InChI is InChI=1S/C22H20ClF2N5O/c1-29-13-22(24,25)10-17(29)12-31-21-27-19(23)20-26-11-16(30(20)28-21)9-15-7-4-6-14-5-2-3-8-18(14)15/h2-8,11,17H,9-10,12-13H2,1H3/t17-/m0/s1. The quantitative estimate of drug-likeness (QED) is 0.462. The minimum absolute atomic E-state index is 0.0401. The van der Waals surface area contributed by atoms with Crippen LogP contribution in [0.4, 0.5) is 8.78 Å². The predicted molar refractivity (Wildman–Crippen MR) is 114 cm³/mol. The number of hydrogen-bond donors (Lipinski definition) is 0. The molecule has 1 saturated heterocycles. The largest absolute Gasteiger partial charge is 0.461 e. The molecule has 6 nitrogen and oxygen atoms in total. The zero-order valence-corrected chi connectivity index (χ0v) is 17.6. The van der Waals surface area contributed by atoms with Crippen molar-refractivity contribution in [3.63, 3.8) is 0 Å². The lowest BCUT2D eigenvalue weighted by molar-refractivity contribution is 0.0136. The Bertz CT molecular complexity index is 1260. The first kappa shape index (κ1) is 20.1. The molecule has 0 aliphatic carbocycles. The molecule has 1 atom stereocenters. The molecule has 9 heteroatoms. The second kappa shape index (κ2) is 7.69. The smallest absolute Gasteiger partial charge is 0.335 e. The average Bonchev–Trinajstić information content (AvgIpc) is 3.26. The van der Waals surface area contributed by atoms with Crippen LogP contribution in [0, 0.1) is 0 Å². The van der Waals surface area contributed by atoms with Gasteiger partial charge < -0.3 is 4.74 Å². The lowest BCUT2D eigenvalue weighted by atomic mass is 10.0. The summed E-state index contributed by atoms with van der Waals surface area (Å²) < 4.78 is 34.5. The summed E-state index contributed by atoms with van der Waals surface area (Å²) in [5.41, 5.74) is 2.38. The van der Waals surface area contributed by atoms with Gasteiger partial charge in [0, 0.05) is 18.9 Å². The van der Waals surface area contributed by atoms with Crippen molar-refractivity contribution >= 4 is 28.0 Å². The molecule has 5 rings (SSSR count). The zero-order valence-electron chi connectivity index (χ0n) is 16.8. The van der Waals surface area contributed by atoms with E-state index >= 15 is 0 Å². The fraction of sp³-hybridized carbons (Fsp3) is 0.318. The van der Waals surface area contributed by atoms with Gasteiger partial charge in [0.15, 0.2) is 10.8 Å². The van der Waals surface area contributed by atoms with Gasteiger partial charge >= 0.3 is 6.01 Å². The van der Waals surface area contributed by atoms with Gasteiger partial charge in [0.2, 0.25) is 0 Å². The minimum atomic E-state index is -2.71. The molecule has 2 aromatic heterocycles. The maximum Gasteiger partial charge on any atom is 0.335 e. The summed E-state index contributed by atoms with van der Waals surface area (Å²) in [6.45, 7) is -0.223. The second-order valence-electron chi connectivity index (χ2n) is 7.93. The molecule has 0 unspecified atom stereocenters. The number of ether oxygens (including phenoxy) is 1. The van der Waals surface area contributed by atoms with Gasteiger partial charge in [-0.25, -0.2) is 18.3 Å². The monoisotopic (exact) mass is 443 g/mol. The van der Waals surface area contributed by atoms with Crippen LogP contribution in [0.25, 0.3) is 16.4 Å². The van der Waals surface area contributed by atoms with E-state index in [0.29, 0.717) is 12.1 Å². The van der Waals surface area contributed by atoms with Crippen molar-refractivity contribution in [1.29, 1.82) is 0 Å². The molecular weight excluding hydrogens is 424 g/mol. The summed E-state index contributed by atoms with van der Waals surface area (Å²) in [6, 6.07) is 14.0. The van der Waals surface area contributed by atoms with E-state index < -0.39 is 12.0 Å². The molecule has 4 aromatic rings. The number of likely N-dealkylation sites (tertiary alicyclic amines) is 1. The maximum absolute atomic E-state index is 13.6. The Morgan fingerprint density at radius 1 is 1.19 bits per heavy atom. The van der Waals surface area contributed by atoms with Crippen LogP contribution in [0.2, 0.25) is 5.15 Å². The molecule has 1 aliphatic rings. The van der Waals surface area contributed by atoms with Crippen molar-refractivity contribution in [3.8, 4) is 6.01 Å². The van der Waals surface area contributed by atoms with Crippen LogP contribution in [0.5, 0.6) is 6.01 Å². The van der Waals surface area contributed by atoms with Crippen LogP contribution in [-0.2, 0) is 6.42 Å². The predicted octanol–water partition coefficient (Wildman–Crippen LogP) is 4.24. The van der Waals surface area contributed by atoms with E-state index in [-0.39, 0.29) is 30.7 Å². The Balaban J connectivity index is 1.42. The van der Waals surface area contributed by atoms with Crippen LogP contribution in [0.3, 0.4) is 0 Å². The van der Waals surface area contributed by atoms with Gasteiger partial charge in [-0.1, -0.05) is 54.1 Å². The third-order valence-corrected chi connectivity index (χ3v) is 5.92. The summed E-state index contributed by atoms with van der Waals surface area (Å²) in [7, 11) is 1.66. The van der Waals surface area contributed by atoms with Crippen molar-refractivity contribution in [2.75, 3.05) is 20.2 Å². The fourth-order valence-electron chi connectivity index (χ4n) is 4.11. The molecule has 0 saturated carbocycles. The molecular formula is C22H20ClF2N5O. The van der Waals surface area contributed by atoms with E-state index in [1.807, 2.05) is 18.2 Å². The molecule has 31 heavy (non-hydrogen) atoms. The first-order chi connectivity index (χ1) is 14.9. The third kappa shape index (κ3) is 3.93. The Kier molecular flexibility index (Phi) is 4.98. The van der Waals surface area contributed by atoms with E-state index in [4.69, 9.17) is 16.3 Å². The summed E-state index contributed by atoms with van der Waals surface area (Å²) >= 11 is 6.30. The lowest BCUT2D eigenvalue weighted by Crippen LogP contribution is -2.31. The van der Waals surface area contributed by atoms with E-state index in [1.54, 1.807) is 22.7 Å². The Morgan fingerprint density at radius 2 is 2.00 bits per heavy atom. The number of aromatic nitrogens is 4. The van der Waals surface area contributed by atoms with E-state index in [1.165, 1.54) is 0 Å². The first-order valence-electron chi connectivity index (χ1n) is 9.97. The number of imidazole rings is 1. The third-order valence-electron chi connectivity index (χ3n) is 5.67. The summed E-state index contributed by atoms with van der Waals surface area (Å²) in [5, 5.41) is 6.89. The SMILES string of the molecule is CN1CC(F)(F)C[C@H]1COc1nc(Cl)c2ncc(Cc3cccc4ccccc34)n2n1. The molecule has 2 aromatic carbocycles. The Morgan fingerprint density at radius 3 is 2.81 bits per heavy atom. The maximum atomic E-state index is 13.6. The van der Waals surface area contributed by atoms with Crippen LogP contribution in [0.1, 0.15) is 17.7 Å². The highest BCUT2D eigenvalue weighted by Crippen LogP contribution is 2.31. The summed E-state index contributed by atoms with van der Waals surface area (Å²) in [6.07, 6.45) is 2.05. The molecule has 0 bridgehead atoms. The lowest BCUT2D eigenvalue weighted by Gasteiger charge is -2.17. The van der Waals surface area contributed by atoms with E-state index in [0.717, 1.165) is 22.0 Å². The number of rotatable bonds is 5. The molecule has 160 valence electrons. The fourth-order valence-corrected chi connectivity index (χ4v) is 4.32. The molecule has 0 spiro atoms. The number of nitrogens with zero attached hydrogens (tertiary/aromatic N) is 5. The first-order valence-corrected chi connectivity index (χ1v) is 10.3. The molecule has 1 aliphatic heterocycles. The van der Waals surface area contributed by atoms with Gasteiger partial charge in [0.05, 0.1) is 18.4 Å². The van der Waals surface area contributed by atoms with Crippen LogP contribution >= 0.6 is 11.6 Å². The molecule has 3 heterocycles. The summed E-state index contributed by atoms with van der Waals surface area (Å²) in [4.78, 5) is 10.1. The average molecular weight is 444 g/mol. The normalized spacial score (nSPS) is 18.8. The van der Waals surface area contributed by atoms with Gasteiger partial charge in [-0.15, -0.1) is 5.10 Å². The van der Waals surface area contributed by atoms with Gasteiger partial charge in [0.1, 0.15) is 6.61 Å². The van der Waals surface area contributed by atoms with Crippen LogP contribution < -0.4 is 4.74 Å². The molecule has 0 radical (unpaired) electrons. The highest BCUT2D eigenvalue weighted by atomic mass is 35.5. The van der Waals surface area contributed by atoms with Gasteiger partial charge in [0.25, 0.3) is 5.92 Å². The number of halogens is 3. The van der Waals surface area contributed by atoms with Gasteiger partial charge in [-0.05, 0) is 23.4 Å². The van der Waals surface area contributed by atoms with Gasteiger partial charge in [-0.2, -0.15) is 4.98 Å². The van der Waals surface area contributed by atoms with Crippen molar-refractivity contribution < 1.29 is 13.5 Å². The van der Waals surface area contributed by atoms with E-state index in [9.17, 15) is 8.78 Å². The van der Waals surface area contributed by atoms with Gasteiger partial charge in [-0.3, -0.25) is 4.90 Å². The van der Waals surface area contributed by atoms with Crippen LogP contribution in [0.15, 0.2) is 48.7 Å². The van der Waals surface area contributed by atoms with Crippen molar-refractivity contribution in [3.05, 3.63) is 65.1 Å². The molecule has 0 amide bonds.